The minimum Gasteiger partial charge on any atom is -0.233 e. The number of quaternary nitrogens is 1. The fraction of sp³-hybridized carbons (Fsp3) is 0.667. The van der Waals surface area contributed by atoms with Crippen molar-refractivity contribution >= 4 is 16.4 Å². The van der Waals surface area contributed by atoms with Crippen LogP contribution in [0.4, 0.5) is 0 Å². The van der Waals surface area contributed by atoms with E-state index in [0.29, 0.717) is 6.41 Å². The average molecular weight is 138 g/mol. The van der Waals surface area contributed by atoms with Gasteiger partial charge >= 0.3 is 6.41 Å². The first-order chi connectivity index (χ1) is 3.48. The predicted molar refractivity (Wildman–Crippen MR) is 27.8 cm³/mol. The summed E-state index contributed by atoms with van der Waals surface area (Å²) in [4.78, 5) is 9.74. The number of rotatable bonds is 2. The van der Waals surface area contributed by atoms with Crippen molar-refractivity contribution in [2.75, 3.05) is 13.3 Å². The van der Waals surface area contributed by atoms with E-state index in [9.17, 15) is 13.2 Å². The number of hydrogen-bond donors (Lipinski definition) is 1. The number of carbonyl (C=O) groups is 1. The minimum atomic E-state index is -3.20. The van der Waals surface area contributed by atoms with Gasteiger partial charge in [-0.1, -0.05) is 0 Å². The van der Waals surface area contributed by atoms with E-state index in [2.05, 4.69) is 0 Å². The zero-order valence-corrected chi connectivity index (χ0v) is 5.53. The second kappa shape index (κ2) is 2.23. The third-order valence-corrected chi connectivity index (χ3v) is 2.02. The van der Waals surface area contributed by atoms with Crippen LogP contribution >= 0.6 is 0 Å². The monoisotopic (exact) mass is 138 g/mol. The molecule has 1 N–H and O–H groups in total. The largest absolute Gasteiger partial charge is 0.314 e. The lowest BCUT2D eigenvalue weighted by molar-refractivity contribution is -0.642. The molecule has 0 saturated carbocycles. The first kappa shape index (κ1) is 7.58. The summed E-state index contributed by atoms with van der Waals surface area (Å²) in [7, 11) is -1.94. The highest BCUT2D eigenvalue weighted by Crippen LogP contribution is 1.55. The fourth-order valence-electron chi connectivity index (χ4n) is 0.0874. The fourth-order valence-corrected chi connectivity index (χ4v) is 0.262. The van der Waals surface area contributed by atoms with Crippen LogP contribution in [0.5, 0.6) is 0 Å². The van der Waals surface area contributed by atoms with Crippen molar-refractivity contribution < 1.29 is 17.5 Å². The van der Waals surface area contributed by atoms with E-state index in [-0.39, 0.29) is 4.31 Å². The third kappa shape index (κ3) is 2.04. The standard InChI is InChI=1S/C3H7NO3S/c1-4(3-5)8(2,6)7/h3H,1-2H3/p+1. The molecular formula is C3H8NO3S+. The SMILES string of the molecule is C[NH+](C=O)S(C)(=O)=O. The van der Waals surface area contributed by atoms with E-state index in [4.69, 9.17) is 0 Å². The summed E-state index contributed by atoms with van der Waals surface area (Å²) in [6.45, 7) is 0. The van der Waals surface area contributed by atoms with Gasteiger partial charge in [-0.2, -0.15) is 12.7 Å². The minimum absolute atomic E-state index is 0.127. The number of carbonyl (C=O) groups excluding carboxylic acids is 1. The van der Waals surface area contributed by atoms with E-state index in [0.717, 1.165) is 6.26 Å². The molecule has 0 spiro atoms. The van der Waals surface area contributed by atoms with Crippen molar-refractivity contribution in [2.45, 2.75) is 0 Å². The molecule has 0 fully saturated rings. The van der Waals surface area contributed by atoms with Gasteiger partial charge < -0.3 is 0 Å². The Kier molecular flexibility index (Phi) is 2.12. The third-order valence-electron chi connectivity index (χ3n) is 0.751. The van der Waals surface area contributed by atoms with Crippen LogP contribution in [0.3, 0.4) is 0 Å². The quantitative estimate of drug-likeness (QED) is 0.433. The molecule has 1 amide bonds. The molecule has 1 atom stereocenters. The molecule has 0 aromatic heterocycles. The second-order valence-corrected chi connectivity index (χ2v) is 3.69. The van der Waals surface area contributed by atoms with E-state index in [1.54, 1.807) is 0 Å². The summed E-state index contributed by atoms with van der Waals surface area (Å²) in [5.41, 5.74) is 0. The molecule has 48 valence electrons. The van der Waals surface area contributed by atoms with Gasteiger partial charge in [0.25, 0.3) is 10.0 Å². The maximum atomic E-state index is 10.3. The summed E-state index contributed by atoms with van der Waals surface area (Å²) in [5, 5.41) is 0. The first-order valence-electron chi connectivity index (χ1n) is 1.97. The maximum absolute atomic E-state index is 10.3. The normalized spacial score (nSPS) is 15.2. The highest BCUT2D eigenvalue weighted by Gasteiger charge is 2.11. The Labute approximate surface area is 48.2 Å². The Balaban J connectivity index is 4.26. The first-order valence-corrected chi connectivity index (χ1v) is 3.86. The molecule has 8 heavy (non-hydrogen) atoms. The molecule has 0 bridgehead atoms. The highest BCUT2D eigenvalue weighted by molar-refractivity contribution is 7.84. The van der Waals surface area contributed by atoms with Crippen LogP contribution in [0.15, 0.2) is 0 Å². The molecular weight excluding hydrogens is 130 g/mol. The average Bonchev–Trinajstić information content (AvgIpc) is 1.62. The van der Waals surface area contributed by atoms with Crippen LogP contribution in [-0.4, -0.2) is 28.1 Å². The molecule has 0 heterocycles. The van der Waals surface area contributed by atoms with Crippen molar-refractivity contribution in [3.63, 3.8) is 0 Å². The van der Waals surface area contributed by atoms with Crippen LogP contribution in [0.1, 0.15) is 0 Å². The van der Waals surface area contributed by atoms with Crippen molar-refractivity contribution in [3.05, 3.63) is 0 Å². The van der Waals surface area contributed by atoms with Crippen molar-refractivity contribution in [3.8, 4) is 0 Å². The lowest BCUT2D eigenvalue weighted by Gasteiger charge is -1.97. The summed E-state index contributed by atoms with van der Waals surface area (Å²) < 4.78 is 20.5. The zero-order chi connectivity index (χ0) is 6.78. The molecule has 0 aliphatic rings. The summed E-state index contributed by atoms with van der Waals surface area (Å²) >= 11 is 0. The van der Waals surface area contributed by atoms with Gasteiger partial charge in [0.15, 0.2) is 0 Å². The van der Waals surface area contributed by atoms with Crippen LogP contribution in [0.25, 0.3) is 0 Å². The lowest BCUT2D eigenvalue weighted by atomic mass is 11.2. The van der Waals surface area contributed by atoms with Gasteiger partial charge in [-0.05, 0) is 0 Å². The molecule has 5 heteroatoms. The maximum Gasteiger partial charge on any atom is 0.314 e. The molecule has 1 unspecified atom stereocenters. The van der Waals surface area contributed by atoms with Gasteiger partial charge in [-0.25, -0.2) is 4.79 Å². The second-order valence-electron chi connectivity index (χ2n) is 1.50. The molecule has 0 aliphatic heterocycles. The molecule has 4 nitrogen and oxygen atoms in total. The van der Waals surface area contributed by atoms with Gasteiger partial charge in [0.2, 0.25) is 0 Å². The lowest BCUT2D eigenvalue weighted by Crippen LogP contribution is -3.09. The molecule has 0 aromatic rings. The number of sulfonamides is 1. The Morgan fingerprint density at radius 3 is 1.88 bits per heavy atom. The molecule has 0 rings (SSSR count). The Bertz CT molecular complexity index is 171. The number of hydrogen-bond acceptors (Lipinski definition) is 3. The Morgan fingerprint density at radius 1 is 1.50 bits per heavy atom. The van der Waals surface area contributed by atoms with E-state index in [1.807, 2.05) is 0 Å². The molecule has 0 radical (unpaired) electrons. The zero-order valence-electron chi connectivity index (χ0n) is 4.71. The number of nitrogens with one attached hydrogen (secondary N) is 1. The van der Waals surface area contributed by atoms with E-state index >= 15 is 0 Å². The van der Waals surface area contributed by atoms with Crippen molar-refractivity contribution in [1.82, 2.24) is 0 Å². The van der Waals surface area contributed by atoms with Gasteiger partial charge in [0.1, 0.15) is 0 Å². The van der Waals surface area contributed by atoms with Gasteiger partial charge in [-0.15, -0.1) is 0 Å². The van der Waals surface area contributed by atoms with Crippen LogP contribution in [-0.2, 0) is 14.8 Å². The van der Waals surface area contributed by atoms with E-state index < -0.39 is 10.0 Å². The molecule has 0 saturated heterocycles. The molecule has 0 aromatic carbocycles. The highest BCUT2D eigenvalue weighted by atomic mass is 32.2. The van der Waals surface area contributed by atoms with Crippen LogP contribution in [0, 0.1) is 0 Å². The summed E-state index contributed by atoms with van der Waals surface area (Å²) in [6.07, 6.45) is 1.33. The van der Waals surface area contributed by atoms with E-state index in [1.165, 1.54) is 7.05 Å². The van der Waals surface area contributed by atoms with Gasteiger partial charge in [0.05, 0.1) is 13.3 Å². The van der Waals surface area contributed by atoms with Gasteiger partial charge in [-0.3, -0.25) is 0 Å². The summed E-state index contributed by atoms with van der Waals surface area (Å²) in [6, 6.07) is 0. The van der Waals surface area contributed by atoms with Crippen LogP contribution in [0.2, 0.25) is 0 Å². The number of amides is 1. The summed E-state index contributed by atoms with van der Waals surface area (Å²) in [5.74, 6) is 0. The Morgan fingerprint density at radius 2 is 1.88 bits per heavy atom. The predicted octanol–water partition coefficient (Wildman–Crippen LogP) is -2.38. The van der Waals surface area contributed by atoms with Gasteiger partial charge in [0, 0.05) is 0 Å². The van der Waals surface area contributed by atoms with Crippen molar-refractivity contribution in [1.29, 1.82) is 0 Å². The van der Waals surface area contributed by atoms with Crippen LogP contribution < -0.4 is 4.31 Å². The van der Waals surface area contributed by atoms with Crippen molar-refractivity contribution in [2.24, 2.45) is 0 Å². The Hall–Kier alpha value is -0.420. The molecule has 0 aliphatic carbocycles. The smallest absolute Gasteiger partial charge is 0.233 e. The topological polar surface area (TPSA) is 55.6 Å².